The minimum absolute atomic E-state index is 0.791. The number of fused-ring (bicyclic) bond motifs is 2. The van der Waals surface area contributed by atoms with Crippen molar-refractivity contribution in [3.8, 4) is 11.3 Å². The molecule has 4 heteroatoms. The number of benzene rings is 1. The molecular weight excluding hydrogens is 266 g/mol. The van der Waals surface area contributed by atoms with E-state index in [1.807, 2.05) is 25.3 Å². The van der Waals surface area contributed by atoms with Crippen LogP contribution in [0.3, 0.4) is 0 Å². The van der Waals surface area contributed by atoms with E-state index in [4.69, 9.17) is 0 Å². The van der Waals surface area contributed by atoms with E-state index in [1.54, 1.807) is 11.3 Å². The third kappa shape index (κ3) is 1.69. The van der Waals surface area contributed by atoms with Crippen LogP contribution in [-0.2, 0) is 0 Å². The summed E-state index contributed by atoms with van der Waals surface area (Å²) in [6.45, 7) is 1.93. The van der Waals surface area contributed by atoms with Crippen LogP contribution in [0.5, 0.6) is 0 Å². The maximum Gasteiger partial charge on any atom is 0.126 e. The van der Waals surface area contributed by atoms with Gasteiger partial charge in [-0.15, -0.1) is 11.3 Å². The van der Waals surface area contributed by atoms with Crippen molar-refractivity contribution in [3.05, 3.63) is 53.8 Å². The van der Waals surface area contributed by atoms with E-state index in [1.165, 1.54) is 0 Å². The molecule has 3 nitrogen and oxygen atoms in total. The average Bonchev–Trinajstić information content (AvgIpc) is 2.94. The summed E-state index contributed by atoms with van der Waals surface area (Å²) in [5.41, 5.74) is 4.04. The summed E-state index contributed by atoms with van der Waals surface area (Å²) in [5, 5.41) is 3.19. The third-order valence-corrected chi connectivity index (χ3v) is 4.21. The monoisotopic (exact) mass is 277 g/mol. The van der Waals surface area contributed by atoms with E-state index >= 15 is 0 Å². The summed E-state index contributed by atoms with van der Waals surface area (Å²) < 4.78 is 1.12. The summed E-state index contributed by atoms with van der Waals surface area (Å²) in [4.78, 5) is 13.7. The molecule has 96 valence electrons. The Morgan fingerprint density at radius 1 is 1.00 bits per heavy atom. The molecule has 0 aliphatic heterocycles. The van der Waals surface area contributed by atoms with Gasteiger partial charge in [0, 0.05) is 17.1 Å². The number of aryl methyl sites for hydroxylation is 1. The van der Waals surface area contributed by atoms with Crippen molar-refractivity contribution < 1.29 is 0 Å². The smallest absolute Gasteiger partial charge is 0.126 e. The van der Waals surface area contributed by atoms with Crippen LogP contribution < -0.4 is 0 Å². The van der Waals surface area contributed by atoms with E-state index in [9.17, 15) is 0 Å². The fraction of sp³-hybridized carbons (Fsp3) is 0.0625. The SMILES string of the molecule is Cc1nc(-c2cccc3cccnc23)c2sccc2n1. The number of thiophene rings is 1. The number of pyridine rings is 1. The fourth-order valence-corrected chi connectivity index (χ4v) is 3.29. The minimum atomic E-state index is 0.791. The predicted molar refractivity (Wildman–Crippen MR) is 82.9 cm³/mol. The standard InChI is InChI=1S/C16H11N3S/c1-10-18-13-7-9-20-16(13)15(19-10)12-6-2-4-11-5-3-8-17-14(11)12/h2-9H,1H3. The van der Waals surface area contributed by atoms with Crippen molar-refractivity contribution >= 4 is 32.5 Å². The number of aromatic nitrogens is 3. The van der Waals surface area contributed by atoms with Gasteiger partial charge in [-0.2, -0.15) is 0 Å². The molecule has 0 unspecified atom stereocenters. The lowest BCUT2D eigenvalue weighted by Crippen LogP contribution is -1.93. The highest BCUT2D eigenvalue weighted by atomic mass is 32.1. The lowest BCUT2D eigenvalue weighted by Gasteiger charge is -2.07. The molecule has 20 heavy (non-hydrogen) atoms. The first-order chi connectivity index (χ1) is 9.83. The molecule has 1 aromatic carbocycles. The van der Waals surface area contributed by atoms with Crippen molar-refractivity contribution in [1.82, 2.24) is 15.0 Å². The Kier molecular flexibility index (Phi) is 2.50. The van der Waals surface area contributed by atoms with Crippen LogP contribution in [0.15, 0.2) is 48.0 Å². The number of nitrogens with zero attached hydrogens (tertiary/aromatic N) is 3. The van der Waals surface area contributed by atoms with Gasteiger partial charge in [-0.05, 0) is 24.4 Å². The van der Waals surface area contributed by atoms with Crippen LogP contribution >= 0.6 is 11.3 Å². The largest absolute Gasteiger partial charge is 0.256 e. The van der Waals surface area contributed by atoms with E-state index in [0.717, 1.165) is 38.2 Å². The zero-order chi connectivity index (χ0) is 13.5. The summed E-state index contributed by atoms with van der Waals surface area (Å²) in [6.07, 6.45) is 1.82. The Bertz CT molecular complexity index is 922. The molecule has 0 radical (unpaired) electrons. The molecule has 3 heterocycles. The molecular formula is C16H11N3S. The molecule has 0 fully saturated rings. The molecule has 0 N–H and O–H groups in total. The number of hydrogen-bond acceptors (Lipinski definition) is 4. The van der Waals surface area contributed by atoms with Gasteiger partial charge in [0.1, 0.15) is 5.82 Å². The van der Waals surface area contributed by atoms with Crippen LogP contribution in [0.2, 0.25) is 0 Å². The molecule has 0 amide bonds. The van der Waals surface area contributed by atoms with Crippen LogP contribution in [0, 0.1) is 6.92 Å². The quantitative estimate of drug-likeness (QED) is 0.523. The molecule has 0 saturated carbocycles. The van der Waals surface area contributed by atoms with Gasteiger partial charge in [0.15, 0.2) is 0 Å². The van der Waals surface area contributed by atoms with Gasteiger partial charge in [0.25, 0.3) is 0 Å². The summed E-state index contributed by atoms with van der Waals surface area (Å²) in [5.74, 6) is 0.791. The lowest BCUT2D eigenvalue weighted by atomic mass is 10.1. The Labute approximate surface area is 120 Å². The van der Waals surface area contributed by atoms with Crippen LogP contribution in [0.1, 0.15) is 5.82 Å². The van der Waals surface area contributed by atoms with Gasteiger partial charge in [-0.25, -0.2) is 9.97 Å². The molecule has 4 aromatic rings. The average molecular weight is 277 g/mol. The number of para-hydroxylation sites is 1. The van der Waals surface area contributed by atoms with Crippen molar-refractivity contribution in [3.63, 3.8) is 0 Å². The van der Waals surface area contributed by atoms with Crippen molar-refractivity contribution in [1.29, 1.82) is 0 Å². The summed E-state index contributed by atoms with van der Waals surface area (Å²) >= 11 is 1.67. The van der Waals surface area contributed by atoms with Gasteiger partial charge >= 0.3 is 0 Å². The topological polar surface area (TPSA) is 38.7 Å². The number of hydrogen-bond donors (Lipinski definition) is 0. The normalized spacial score (nSPS) is 11.2. The first-order valence-corrected chi connectivity index (χ1v) is 7.27. The molecule has 0 atom stereocenters. The molecule has 4 rings (SSSR count). The van der Waals surface area contributed by atoms with Gasteiger partial charge in [-0.1, -0.05) is 24.3 Å². The minimum Gasteiger partial charge on any atom is -0.256 e. The molecule has 0 aliphatic rings. The first-order valence-electron chi connectivity index (χ1n) is 6.39. The van der Waals surface area contributed by atoms with Crippen LogP contribution in [-0.4, -0.2) is 15.0 Å². The second-order valence-electron chi connectivity index (χ2n) is 4.64. The van der Waals surface area contributed by atoms with Crippen LogP contribution in [0.4, 0.5) is 0 Å². The zero-order valence-corrected chi connectivity index (χ0v) is 11.7. The van der Waals surface area contributed by atoms with Crippen molar-refractivity contribution in [2.75, 3.05) is 0 Å². The van der Waals surface area contributed by atoms with Gasteiger partial charge in [-0.3, -0.25) is 4.98 Å². The van der Waals surface area contributed by atoms with E-state index in [2.05, 4.69) is 44.6 Å². The third-order valence-electron chi connectivity index (χ3n) is 3.30. The molecule has 0 saturated heterocycles. The Hall–Kier alpha value is -2.33. The van der Waals surface area contributed by atoms with Gasteiger partial charge < -0.3 is 0 Å². The molecule has 0 bridgehead atoms. The summed E-state index contributed by atoms with van der Waals surface area (Å²) in [6, 6.07) is 12.3. The Morgan fingerprint density at radius 3 is 2.85 bits per heavy atom. The van der Waals surface area contributed by atoms with Crippen molar-refractivity contribution in [2.24, 2.45) is 0 Å². The van der Waals surface area contributed by atoms with E-state index in [-0.39, 0.29) is 0 Å². The maximum atomic E-state index is 4.65. The highest BCUT2D eigenvalue weighted by molar-refractivity contribution is 7.17. The summed E-state index contributed by atoms with van der Waals surface area (Å²) in [7, 11) is 0. The number of rotatable bonds is 1. The molecule has 0 aliphatic carbocycles. The van der Waals surface area contributed by atoms with Crippen LogP contribution in [0.25, 0.3) is 32.4 Å². The molecule has 0 spiro atoms. The lowest BCUT2D eigenvalue weighted by molar-refractivity contribution is 1.10. The Morgan fingerprint density at radius 2 is 1.90 bits per heavy atom. The van der Waals surface area contributed by atoms with Gasteiger partial charge in [0.05, 0.1) is 21.4 Å². The zero-order valence-electron chi connectivity index (χ0n) is 10.9. The predicted octanol–water partition coefficient (Wildman–Crippen LogP) is 4.21. The second kappa shape index (κ2) is 4.35. The maximum absolute atomic E-state index is 4.65. The Balaban J connectivity index is 2.14. The van der Waals surface area contributed by atoms with E-state index < -0.39 is 0 Å². The van der Waals surface area contributed by atoms with E-state index in [0.29, 0.717) is 0 Å². The second-order valence-corrected chi connectivity index (χ2v) is 5.55. The highest BCUT2D eigenvalue weighted by Crippen LogP contribution is 2.33. The fourth-order valence-electron chi connectivity index (χ4n) is 2.46. The molecule has 3 aromatic heterocycles. The van der Waals surface area contributed by atoms with Crippen molar-refractivity contribution in [2.45, 2.75) is 6.92 Å². The first kappa shape index (κ1) is 11.5. The highest BCUT2D eigenvalue weighted by Gasteiger charge is 2.12. The van der Waals surface area contributed by atoms with Gasteiger partial charge in [0.2, 0.25) is 0 Å².